The zero-order valence-electron chi connectivity index (χ0n) is 16.5. The van der Waals surface area contributed by atoms with Gasteiger partial charge in [0.05, 0.1) is 13.4 Å². The van der Waals surface area contributed by atoms with Crippen molar-refractivity contribution in [3.05, 3.63) is 89.9 Å². The quantitative estimate of drug-likeness (QED) is 0.524. The summed E-state index contributed by atoms with van der Waals surface area (Å²) in [5.41, 5.74) is 2.36. The standard InChI is InChI=1S/C24H27NO3/c1-19(26)25(18-21-10-12-23(27-2)13-11-21)15-14-22(24-9-6-16-28-24)17-20-7-4-3-5-8-20/h3-13,16,22H,14-15,17-18H2,1-2H3/t22-/m0/s1. The van der Waals surface area contributed by atoms with Gasteiger partial charge < -0.3 is 14.1 Å². The van der Waals surface area contributed by atoms with E-state index in [0.29, 0.717) is 13.1 Å². The third kappa shape index (κ3) is 5.49. The molecule has 0 spiro atoms. The molecule has 3 rings (SSSR count). The molecule has 3 aromatic rings. The van der Waals surface area contributed by atoms with Crippen molar-refractivity contribution >= 4 is 5.91 Å². The molecule has 146 valence electrons. The monoisotopic (exact) mass is 377 g/mol. The van der Waals surface area contributed by atoms with Crippen LogP contribution in [0.15, 0.2) is 77.4 Å². The molecule has 2 aromatic carbocycles. The van der Waals surface area contributed by atoms with Crippen LogP contribution in [0.1, 0.15) is 36.1 Å². The highest BCUT2D eigenvalue weighted by Gasteiger charge is 2.18. The van der Waals surface area contributed by atoms with Gasteiger partial charge in [-0.05, 0) is 48.2 Å². The minimum Gasteiger partial charge on any atom is -0.497 e. The van der Waals surface area contributed by atoms with E-state index in [1.165, 1.54) is 5.56 Å². The summed E-state index contributed by atoms with van der Waals surface area (Å²) in [6.45, 7) is 2.90. The highest BCUT2D eigenvalue weighted by atomic mass is 16.5. The summed E-state index contributed by atoms with van der Waals surface area (Å²) in [5, 5.41) is 0. The van der Waals surface area contributed by atoms with Gasteiger partial charge in [0.1, 0.15) is 11.5 Å². The van der Waals surface area contributed by atoms with Gasteiger partial charge >= 0.3 is 0 Å². The van der Waals surface area contributed by atoms with E-state index in [1.54, 1.807) is 20.3 Å². The first-order chi connectivity index (χ1) is 13.7. The van der Waals surface area contributed by atoms with Crippen molar-refractivity contribution < 1.29 is 13.9 Å². The van der Waals surface area contributed by atoms with Gasteiger partial charge in [-0.3, -0.25) is 4.79 Å². The Balaban J connectivity index is 1.67. The number of hydrogen-bond acceptors (Lipinski definition) is 3. The van der Waals surface area contributed by atoms with Crippen LogP contribution < -0.4 is 4.74 Å². The SMILES string of the molecule is COc1ccc(CN(CC[C@@H](Cc2ccccc2)c2ccco2)C(C)=O)cc1. The molecule has 0 unspecified atom stereocenters. The van der Waals surface area contributed by atoms with E-state index in [0.717, 1.165) is 29.9 Å². The number of carbonyl (C=O) groups excluding carboxylic acids is 1. The summed E-state index contributed by atoms with van der Waals surface area (Å²) in [7, 11) is 1.65. The maximum Gasteiger partial charge on any atom is 0.219 e. The van der Waals surface area contributed by atoms with E-state index < -0.39 is 0 Å². The molecule has 4 nitrogen and oxygen atoms in total. The van der Waals surface area contributed by atoms with Crippen molar-refractivity contribution in [2.24, 2.45) is 0 Å². The van der Waals surface area contributed by atoms with Crippen LogP contribution in [-0.2, 0) is 17.8 Å². The van der Waals surface area contributed by atoms with Crippen LogP contribution in [0.5, 0.6) is 5.75 Å². The molecular formula is C24H27NO3. The fourth-order valence-corrected chi connectivity index (χ4v) is 3.38. The number of amides is 1. The average molecular weight is 377 g/mol. The Bertz CT molecular complexity index is 841. The molecule has 1 aromatic heterocycles. The van der Waals surface area contributed by atoms with Gasteiger partial charge in [-0.15, -0.1) is 0 Å². The van der Waals surface area contributed by atoms with E-state index in [2.05, 4.69) is 24.3 Å². The Kier molecular flexibility index (Phi) is 6.90. The van der Waals surface area contributed by atoms with Crippen molar-refractivity contribution in [2.45, 2.75) is 32.2 Å². The Morgan fingerprint density at radius 2 is 1.75 bits per heavy atom. The Morgan fingerprint density at radius 1 is 1.00 bits per heavy atom. The first kappa shape index (κ1) is 19.7. The minimum atomic E-state index is 0.0775. The first-order valence-corrected chi connectivity index (χ1v) is 9.61. The van der Waals surface area contributed by atoms with Crippen molar-refractivity contribution in [1.29, 1.82) is 0 Å². The average Bonchev–Trinajstić information content (AvgIpc) is 3.26. The van der Waals surface area contributed by atoms with Crippen LogP contribution in [0.2, 0.25) is 0 Å². The number of benzene rings is 2. The summed E-state index contributed by atoms with van der Waals surface area (Å²) < 4.78 is 10.9. The number of furan rings is 1. The smallest absolute Gasteiger partial charge is 0.219 e. The lowest BCUT2D eigenvalue weighted by Crippen LogP contribution is -2.30. The highest BCUT2D eigenvalue weighted by molar-refractivity contribution is 5.73. The van der Waals surface area contributed by atoms with Crippen LogP contribution in [0, 0.1) is 0 Å². The number of ether oxygens (including phenoxy) is 1. The number of rotatable bonds is 9. The maximum atomic E-state index is 12.2. The lowest BCUT2D eigenvalue weighted by Gasteiger charge is -2.24. The number of carbonyl (C=O) groups is 1. The van der Waals surface area contributed by atoms with Crippen molar-refractivity contribution in [1.82, 2.24) is 4.90 Å². The number of nitrogens with zero attached hydrogens (tertiary/aromatic N) is 1. The largest absolute Gasteiger partial charge is 0.497 e. The van der Waals surface area contributed by atoms with Gasteiger partial charge in [-0.2, -0.15) is 0 Å². The lowest BCUT2D eigenvalue weighted by atomic mass is 9.93. The van der Waals surface area contributed by atoms with E-state index in [1.807, 2.05) is 47.4 Å². The number of methoxy groups -OCH3 is 1. The van der Waals surface area contributed by atoms with Gasteiger partial charge in [0, 0.05) is 25.9 Å². The number of hydrogen-bond donors (Lipinski definition) is 0. The molecular weight excluding hydrogens is 350 g/mol. The topological polar surface area (TPSA) is 42.7 Å². The fourth-order valence-electron chi connectivity index (χ4n) is 3.38. The third-order valence-electron chi connectivity index (χ3n) is 5.00. The summed E-state index contributed by atoms with van der Waals surface area (Å²) >= 11 is 0. The van der Waals surface area contributed by atoms with Crippen molar-refractivity contribution in [3.8, 4) is 5.75 Å². The second-order valence-corrected chi connectivity index (χ2v) is 6.98. The molecule has 0 saturated heterocycles. The van der Waals surface area contributed by atoms with Crippen LogP contribution in [0.3, 0.4) is 0 Å². The third-order valence-corrected chi connectivity index (χ3v) is 5.00. The predicted molar refractivity (Wildman–Crippen MR) is 110 cm³/mol. The molecule has 0 aliphatic rings. The van der Waals surface area contributed by atoms with E-state index >= 15 is 0 Å². The van der Waals surface area contributed by atoms with Crippen molar-refractivity contribution in [3.63, 3.8) is 0 Å². The van der Waals surface area contributed by atoms with Crippen molar-refractivity contribution in [2.75, 3.05) is 13.7 Å². The van der Waals surface area contributed by atoms with Gasteiger partial charge in [-0.1, -0.05) is 42.5 Å². The second-order valence-electron chi connectivity index (χ2n) is 6.98. The zero-order chi connectivity index (χ0) is 19.8. The van der Waals surface area contributed by atoms with Gasteiger partial charge in [-0.25, -0.2) is 0 Å². The molecule has 1 atom stereocenters. The molecule has 28 heavy (non-hydrogen) atoms. The Hall–Kier alpha value is -3.01. The Labute approximate surface area is 166 Å². The second kappa shape index (κ2) is 9.79. The summed E-state index contributed by atoms with van der Waals surface area (Å²) in [6.07, 6.45) is 3.45. The molecule has 0 bridgehead atoms. The van der Waals surface area contributed by atoms with Gasteiger partial charge in [0.15, 0.2) is 0 Å². The van der Waals surface area contributed by atoms with Crippen LogP contribution in [-0.4, -0.2) is 24.5 Å². The molecule has 0 fully saturated rings. The lowest BCUT2D eigenvalue weighted by molar-refractivity contribution is -0.129. The normalized spacial score (nSPS) is 11.8. The minimum absolute atomic E-state index is 0.0775. The molecule has 4 heteroatoms. The van der Waals surface area contributed by atoms with E-state index in [4.69, 9.17) is 9.15 Å². The molecule has 0 N–H and O–H groups in total. The first-order valence-electron chi connectivity index (χ1n) is 9.61. The predicted octanol–water partition coefficient (Wildman–Crippen LogP) is 5.05. The van der Waals surface area contributed by atoms with Crippen LogP contribution >= 0.6 is 0 Å². The zero-order valence-corrected chi connectivity index (χ0v) is 16.5. The summed E-state index contributed by atoms with van der Waals surface area (Å²) in [5.74, 6) is 2.10. The molecule has 0 aliphatic heterocycles. The van der Waals surface area contributed by atoms with E-state index in [9.17, 15) is 4.79 Å². The maximum absolute atomic E-state index is 12.2. The molecule has 1 amide bonds. The molecule has 0 radical (unpaired) electrons. The molecule has 1 heterocycles. The van der Waals surface area contributed by atoms with Crippen LogP contribution in [0.4, 0.5) is 0 Å². The van der Waals surface area contributed by atoms with Gasteiger partial charge in [0.2, 0.25) is 5.91 Å². The summed E-state index contributed by atoms with van der Waals surface area (Å²) in [4.78, 5) is 14.1. The molecule has 0 saturated carbocycles. The van der Waals surface area contributed by atoms with E-state index in [-0.39, 0.29) is 11.8 Å². The van der Waals surface area contributed by atoms with Gasteiger partial charge in [0.25, 0.3) is 0 Å². The highest BCUT2D eigenvalue weighted by Crippen LogP contribution is 2.26. The Morgan fingerprint density at radius 3 is 2.36 bits per heavy atom. The molecule has 0 aliphatic carbocycles. The fraction of sp³-hybridized carbons (Fsp3) is 0.292. The summed E-state index contributed by atoms with van der Waals surface area (Å²) in [6, 6.07) is 22.2. The van der Waals surface area contributed by atoms with Crippen LogP contribution in [0.25, 0.3) is 0 Å².